The summed E-state index contributed by atoms with van der Waals surface area (Å²) in [5, 5.41) is 2.89. The third-order valence-electron chi connectivity index (χ3n) is 4.66. The van der Waals surface area contributed by atoms with Gasteiger partial charge in [0.15, 0.2) is 5.79 Å². The van der Waals surface area contributed by atoms with Gasteiger partial charge in [-0.1, -0.05) is 13.3 Å². The maximum Gasteiger partial charge on any atom is 0.177 e. The van der Waals surface area contributed by atoms with Crippen LogP contribution in [0.2, 0.25) is 0 Å². The third-order valence-corrected chi connectivity index (χ3v) is 4.66. The van der Waals surface area contributed by atoms with Crippen LogP contribution in [0.5, 0.6) is 5.75 Å². The van der Waals surface area contributed by atoms with Crippen LogP contribution in [0.1, 0.15) is 32.6 Å². The molecule has 3 rings (SSSR count). The van der Waals surface area contributed by atoms with Gasteiger partial charge in [-0.15, -0.1) is 4.91 Å². The minimum atomic E-state index is -0.491. The average Bonchev–Trinajstić information content (AvgIpc) is 2.99. The number of nitrogens with zero attached hydrogens (tertiary/aromatic N) is 1. The molecule has 1 spiro atoms. The van der Waals surface area contributed by atoms with E-state index in [-0.39, 0.29) is 5.41 Å². The van der Waals surface area contributed by atoms with E-state index >= 15 is 0 Å². The van der Waals surface area contributed by atoms with Crippen molar-refractivity contribution in [3.63, 3.8) is 0 Å². The molecule has 1 unspecified atom stereocenters. The van der Waals surface area contributed by atoms with Crippen LogP contribution in [0.3, 0.4) is 0 Å². The second-order valence-electron chi connectivity index (χ2n) is 6.09. The molecule has 1 saturated carbocycles. The fraction of sp³-hybridized carbons (Fsp3) is 0.625. The molecule has 1 aromatic carbocycles. The van der Waals surface area contributed by atoms with E-state index < -0.39 is 5.79 Å². The van der Waals surface area contributed by atoms with Crippen molar-refractivity contribution in [2.75, 3.05) is 19.8 Å². The van der Waals surface area contributed by atoms with E-state index in [1.165, 1.54) is 6.42 Å². The highest BCUT2D eigenvalue weighted by molar-refractivity contribution is 5.40. The molecule has 114 valence electrons. The molecular weight excluding hydrogens is 270 g/mol. The number of hydrogen-bond acceptors (Lipinski definition) is 5. The van der Waals surface area contributed by atoms with Crippen LogP contribution in [0.15, 0.2) is 29.4 Å². The summed E-state index contributed by atoms with van der Waals surface area (Å²) in [6.07, 6.45) is 4.26. The third kappa shape index (κ3) is 2.68. The maximum absolute atomic E-state index is 10.4. The van der Waals surface area contributed by atoms with Gasteiger partial charge in [-0.2, -0.15) is 0 Å². The number of rotatable bonds is 4. The van der Waals surface area contributed by atoms with Crippen molar-refractivity contribution in [3.05, 3.63) is 29.2 Å². The molecule has 1 saturated heterocycles. The largest absolute Gasteiger partial charge is 0.493 e. The van der Waals surface area contributed by atoms with Crippen LogP contribution < -0.4 is 4.74 Å². The highest BCUT2D eigenvalue weighted by atomic mass is 16.7. The molecule has 0 amide bonds. The predicted octanol–water partition coefficient (Wildman–Crippen LogP) is 3.79. The molecule has 0 radical (unpaired) electrons. The fourth-order valence-corrected chi connectivity index (χ4v) is 3.34. The van der Waals surface area contributed by atoms with Gasteiger partial charge in [-0.3, -0.25) is 0 Å². The van der Waals surface area contributed by atoms with E-state index in [0.29, 0.717) is 25.5 Å². The summed E-state index contributed by atoms with van der Waals surface area (Å²) in [6.45, 7) is 4.05. The quantitative estimate of drug-likeness (QED) is 0.792. The number of nitroso groups, excluding NO2 is 1. The van der Waals surface area contributed by atoms with E-state index in [0.717, 1.165) is 25.0 Å². The minimum Gasteiger partial charge on any atom is -0.493 e. The lowest BCUT2D eigenvalue weighted by molar-refractivity contribution is -0.257. The molecule has 1 aliphatic carbocycles. The Morgan fingerprint density at radius 3 is 2.48 bits per heavy atom. The van der Waals surface area contributed by atoms with Gasteiger partial charge < -0.3 is 14.2 Å². The molecule has 1 heterocycles. The van der Waals surface area contributed by atoms with E-state index in [1.807, 2.05) is 0 Å². The second kappa shape index (κ2) is 5.73. The van der Waals surface area contributed by atoms with Gasteiger partial charge in [0.05, 0.1) is 25.2 Å². The molecule has 2 aliphatic rings. The van der Waals surface area contributed by atoms with E-state index in [2.05, 4.69) is 12.1 Å². The molecule has 0 aromatic heterocycles. The molecule has 21 heavy (non-hydrogen) atoms. The Kier molecular flexibility index (Phi) is 3.95. The van der Waals surface area contributed by atoms with Crippen LogP contribution in [-0.4, -0.2) is 25.6 Å². The SMILES string of the molecule is CC1(COc2ccc(N=O)cc2)CCCCC12OCCO2. The summed E-state index contributed by atoms with van der Waals surface area (Å²) in [6, 6.07) is 6.85. The monoisotopic (exact) mass is 291 g/mol. The first-order chi connectivity index (χ1) is 10.2. The van der Waals surface area contributed by atoms with Crippen LogP contribution in [-0.2, 0) is 9.47 Å². The van der Waals surface area contributed by atoms with Gasteiger partial charge in [0, 0.05) is 6.42 Å². The standard InChI is InChI=1S/C16H21NO4/c1-15(8-2-3-9-16(15)20-10-11-21-16)12-19-14-6-4-13(17-18)5-7-14/h4-7H,2-3,8-12H2,1H3. The van der Waals surface area contributed by atoms with Crippen molar-refractivity contribution in [2.24, 2.45) is 10.6 Å². The van der Waals surface area contributed by atoms with Gasteiger partial charge in [0.1, 0.15) is 11.4 Å². The van der Waals surface area contributed by atoms with Crippen LogP contribution in [0.4, 0.5) is 5.69 Å². The summed E-state index contributed by atoms with van der Waals surface area (Å²) in [5.41, 5.74) is 0.258. The zero-order valence-electron chi connectivity index (χ0n) is 12.3. The molecule has 5 heteroatoms. The molecule has 1 aromatic rings. The lowest BCUT2D eigenvalue weighted by atomic mass is 9.71. The Morgan fingerprint density at radius 1 is 1.14 bits per heavy atom. The van der Waals surface area contributed by atoms with Gasteiger partial charge in [-0.05, 0) is 42.3 Å². The van der Waals surface area contributed by atoms with Crippen LogP contribution in [0, 0.1) is 10.3 Å². The molecular formula is C16H21NO4. The average molecular weight is 291 g/mol. The van der Waals surface area contributed by atoms with Crippen molar-refractivity contribution in [3.8, 4) is 5.75 Å². The molecule has 1 aliphatic heterocycles. The van der Waals surface area contributed by atoms with Gasteiger partial charge in [0.25, 0.3) is 0 Å². The van der Waals surface area contributed by atoms with Crippen molar-refractivity contribution < 1.29 is 14.2 Å². The summed E-state index contributed by atoms with van der Waals surface area (Å²) in [5.74, 6) is 0.248. The zero-order chi connectivity index (χ0) is 14.8. The van der Waals surface area contributed by atoms with Crippen molar-refractivity contribution >= 4 is 5.69 Å². The van der Waals surface area contributed by atoms with Gasteiger partial charge in [0.2, 0.25) is 0 Å². The van der Waals surface area contributed by atoms with E-state index in [1.54, 1.807) is 24.3 Å². The summed E-state index contributed by atoms with van der Waals surface area (Å²) in [7, 11) is 0. The Labute approximate surface area is 124 Å². The Bertz CT molecular complexity index is 496. The molecule has 0 bridgehead atoms. The maximum atomic E-state index is 10.4. The smallest absolute Gasteiger partial charge is 0.177 e. The van der Waals surface area contributed by atoms with Gasteiger partial charge >= 0.3 is 0 Å². The van der Waals surface area contributed by atoms with Gasteiger partial charge in [-0.25, -0.2) is 0 Å². The van der Waals surface area contributed by atoms with E-state index in [4.69, 9.17) is 14.2 Å². The molecule has 2 fully saturated rings. The molecule has 5 nitrogen and oxygen atoms in total. The van der Waals surface area contributed by atoms with Crippen molar-refractivity contribution in [1.29, 1.82) is 0 Å². The Balaban J connectivity index is 1.70. The van der Waals surface area contributed by atoms with Crippen LogP contribution in [0.25, 0.3) is 0 Å². The van der Waals surface area contributed by atoms with Crippen molar-refractivity contribution in [2.45, 2.75) is 38.4 Å². The lowest BCUT2D eigenvalue weighted by Crippen LogP contribution is -2.53. The summed E-state index contributed by atoms with van der Waals surface area (Å²) in [4.78, 5) is 10.4. The number of ether oxygens (including phenoxy) is 3. The first-order valence-corrected chi connectivity index (χ1v) is 7.52. The van der Waals surface area contributed by atoms with Crippen molar-refractivity contribution in [1.82, 2.24) is 0 Å². The first kappa shape index (κ1) is 14.5. The zero-order valence-corrected chi connectivity index (χ0v) is 12.3. The topological polar surface area (TPSA) is 57.1 Å². The fourth-order valence-electron chi connectivity index (χ4n) is 3.34. The molecule has 1 atom stereocenters. The second-order valence-corrected chi connectivity index (χ2v) is 6.09. The normalized spacial score (nSPS) is 27.7. The predicted molar refractivity (Wildman–Crippen MR) is 78.6 cm³/mol. The minimum absolute atomic E-state index is 0.149. The number of hydrogen-bond donors (Lipinski definition) is 0. The summed E-state index contributed by atoms with van der Waals surface area (Å²) < 4.78 is 17.9. The molecule has 0 N–H and O–H groups in total. The lowest BCUT2D eigenvalue weighted by Gasteiger charge is -2.47. The Hall–Kier alpha value is -1.46. The number of benzene rings is 1. The van der Waals surface area contributed by atoms with Crippen LogP contribution >= 0.6 is 0 Å². The highest BCUT2D eigenvalue weighted by Gasteiger charge is 2.54. The van der Waals surface area contributed by atoms with E-state index in [9.17, 15) is 4.91 Å². The first-order valence-electron chi connectivity index (χ1n) is 7.52. The Morgan fingerprint density at radius 2 is 1.81 bits per heavy atom. The highest BCUT2D eigenvalue weighted by Crippen LogP contribution is 2.49. The summed E-state index contributed by atoms with van der Waals surface area (Å²) >= 11 is 0.